The fraction of sp³-hybridized carbons (Fsp3) is 0.250. The number of carbonyl (C=O) groups is 1. The van der Waals surface area contributed by atoms with Gasteiger partial charge in [0.1, 0.15) is 23.0 Å². The molecule has 0 fully saturated rings. The van der Waals surface area contributed by atoms with Gasteiger partial charge in [-0.2, -0.15) is 0 Å². The zero-order chi connectivity index (χ0) is 10.1. The summed E-state index contributed by atoms with van der Waals surface area (Å²) in [5.74, 6) is 0.0217. The fourth-order valence-corrected chi connectivity index (χ4v) is 1.94. The molecular weight excluding hydrogens is 204 g/mol. The van der Waals surface area contributed by atoms with E-state index in [1.54, 1.807) is 6.07 Å². The molecule has 74 valence electrons. The monoisotopic (exact) mass is 212 g/mol. The highest BCUT2D eigenvalue weighted by atomic mass is 32.1. The molecule has 2 N–H and O–H groups in total. The molecule has 0 bridgehead atoms. The summed E-state index contributed by atoms with van der Waals surface area (Å²) in [6, 6.07) is 1.61. The van der Waals surface area contributed by atoms with E-state index in [9.17, 15) is 4.79 Å². The molecule has 1 aromatic heterocycles. The van der Waals surface area contributed by atoms with Gasteiger partial charge < -0.3 is 15.2 Å². The van der Waals surface area contributed by atoms with Gasteiger partial charge in [-0.15, -0.1) is 0 Å². The summed E-state index contributed by atoms with van der Waals surface area (Å²) >= 11 is 1.21. The Morgan fingerprint density at radius 1 is 1.79 bits per heavy atom. The Bertz CT molecular complexity index is 411. The fourth-order valence-electron chi connectivity index (χ4n) is 1.07. The largest absolute Gasteiger partial charge is 0.474 e. The van der Waals surface area contributed by atoms with Crippen LogP contribution in [0, 0.1) is 0 Å². The zero-order valence-electron chi connectivity index (χ0n) is 7.44. The number of rotatable bonds is 1. The van der Waals surface area contributed by atoms with Gasteiger partial charge in [0.2, 0.25) is 5.06 Å². The number of carbonyl (C=O) groups excluding carboxylic acids is 1. The third-order valence-corrected chi connectivity index (χ3v) is 2.70. The van der Waals surface area contributed by atoms with Crippen molar-refractivity contribution in [3.63, 3.8) is 0 Å². The number of thiophene rings is 1. The van der Waals surface area contributed by atoms with Crippen LogP contribution in [-0.4, -0.2) is 25.5 Å². The predicted octanol–water partition coefficient (Wildman–Crippen LogP) is 0.916. The van der Waals surface area contributed by atoms with Crippen LogP contribution in [0.3, 0.4) is 0 Å². The molecule has 2 heterocycles. The minimum Gasteiger partial charge on any atom is -0.474 e. The number of nitrogens with two attached hydrogens (primary N) is 1. The molecule has 0 aromatic carbocycles. The maximum atomic E-state index is 11.2. The van der Waals surface area contributed by atoms with Crippen LogP contribution in [0.1, 0.15) is 9.67 Å². The average Bonchev–Trinajstić information content (AvgIpc) is 2.59. The van der Waals surface area contributed by atoms with E-state index >= 15 is 0 Å². The van der Waals surface area contributed by atoms with Gasteiger partial charge in [-0.1, -0.05) is 11.3 Å². The van der Waals surface area contributed by atoms with Crippen LogP contribution in [0.5, 0.6) is 5.06 Å². The molecule has 0 saturated heterocycles. The van der Waals surface area contributed by atoms with Crippen molar-refractivity contribution in [1.82, 2.24) is 0 Å². The Labute approximate surface area is 84.1 Å². The number of methoxy groups -OCH3 is 1. The molecule has 0 aliphatic carbocycles. The van der Waals surface area contributed by atoms with Gasteiger partial charge in [0.15, 0.2) is 0 Å². The minimum absolute atomic E-state index is 0.272. The van der Waals surface area contributed by atoms with Gasteiger partial charge in [-0.3, -0.25) is 0 Å². The minimum atomic E-state index is -0.387. The molecule has 6 heteroatoms. The van der Waals surface area contributed by atoms with E-state index in [-0.39, 0.29) is 12.6 Å². The van der Waals surface area contributed by atoms with Crippen molar-refractivity contribution in [2.24, 2.45) is 10.7 Å². The standard InChI is InChI=1S/C8H8N2O3S/c1-12-7(11)5-2-4-8(14-5)13-3-6(9)10-4/h2H,3H2,1H3,(H2,9,10). The number of aliphatic imine (C=N–C) groups is 1. The number of amidine groups is 1. The van der Waals surface area contributed by atoms with Gasteiger partial charge in [-0.25, -0.2) is 9.79 Å². The normalized spacial score (nSPS) is 13.9. The van der Waals surface area contributed by atoms with Crippen LogP contribution in [-0.2, 0) is 4.74 Å². The third kappa shape index (κ3) is 1.44. The SMILES string of the molecule is COC(=O)c1cc2c(s1)OCC(N)=N2. The average molecular weight is 212 g/mol. The number of fused-ring (bicyclic) bond motifs is 1. The first kappa shape index (κ1) is 9.01. The first-order valence-corrected chi connectivity index (χ1v) is 4.70. The molecule has 0 unspecified atom stereocenters. The van der Waals surface area contributed by atoms with Gasteiger partial charge in [0, 0.05) is 0 Å². The molecule has 1 aliphatic rings. The Hall–Kier alpha value is -1.56. The maximum absolute atomic E-state index is 11.2. The second kappa shape index (κ2) is 3.30. The number of esters is 1. The predicted molar refractivity (Wildman–Crippen MR) is 52.4 cm³/mol. The third-order valence-electron chi connectivity index (χ3n) is 1.68. The van der Waals surface area contributed by atoms with Crippen LogP contribution in [0.4, 0.5) is 5.69 Å². The Balaban J connectivity index is 2.38. The van der Waals surface area contributed by atoms with E-state index in [1.807, 2.05) is 0 Å². The highest BCUT2D eigenvalue weighted by Crippen LogP contribution is 2.39. The van der Waals surface area contributed by atoms with Crippen LogP contribution in [0.15, 0.2) is 11.1 Å². The first-order chi connectivity index (χ1) is 6.70. The van der Waals surface area contributed by atoms with E-state index < -0.39 is 0 Å². The molecule has 14 heavy (non-hydrogen) atoms. The molecule has 1 aliphatic heterocycles. The molecule has 0 atom stereocenters. The summed E-state index contributed by atoms with van der Waals surface area (Å²) in [7, 11) is 1.33. The first-order valence-electron chi connectivity index (χ1n) is 3.88. The Morgan fingerprint density at radius 3 is 3.29 bits per heavy atom. The Morgan fingerprint density at radius 2 is 2.57 bits per heavy atom. The van der Waals surface area contributed by atoms with Gasteiger partial charge >= 0.3 is 5.97 Å². The Kier molecular flexibility index (Phi) is 2.12. The summed E-state index contributed by atoms with van der Waals surface area (Å²) in [5.41, 5.74) is 6.08. The van der Waals surface area contributed by atoms with Crippen molar-refractivity contribution in [3.05, 3.63) is 10.9 Å². The summed E-state index contributed by atoms with van der Waals surface area (Å²) in [6.07, 6.45) is 0. The van der Waals surface area contributed by atoms with Gasteiger partial charge in [-0.05, 0) is 6.07 Å². The molecule has 5 nitrogen and oxygen atoms in total. The van der Waals surface area contributed by atoms with Crippen LogP contribution in [0.25, 0.3) is 0 Å². The zero-order valence-corrected chi connectivity index (χ0v) is 8.26. The van der Waals surface area contributed by atoms with Crippen molar-refractivity contribution in [2.75, 3.05) is 13.7 Å². The topological polar surface area (TPSA) is 73.9 Å². The second-order valence-electron chi connectivity index (χ2n) is 2.67. The molecule has 2 rings (SSSR count). The smallest absolute Gasteiger partial charge is 0.348 e. The summed E-state index contributed by atoms with van der Waals surface area (Å²) in [5, 5.41) is 0.611. The highest BCUT2D eigenvalue weighted by Gasteiger charge is 2.19. The van der Waals surface area contributed by atoms with Crippen molar-refractivity contribution >= 4 is 28.8 Å². The second-order valence-corrected chi connectivity index (χ2v) is 3.68. The van der Waals surface area contributed by atoms with E-state index in [0.717, 1.165) is 0 Å². The lowest BCUT2D eigenvalue weighted by Gasteiger charge is -2.08. The van der Waals surface area contributed by atoms with E-state index in [1.165, 1.54) is 18.4 Å². The number of ether oxygens (including phenoxy) is 2. The maximum Gasteiger partial charge on any atom is 0.348 e. The lowest BCUT2D eigenvalue weighted by Crippen LogP contribution is -2.22. The molecular formula is C8H8N2O3S. The van der Waals surface area contributed by atoms with Gasteiger partial charge in [0.25, 0.3) is 0 Å². The van der Waals surface area contributed by atoms with Crippen molar-refractivity contribution in [2.45, 2.75) is 0 Å². The lowest BCUT2D eigenvalue weighted by atomic mass is 10.4. The quantitative estimate of drug-likeness (QED) is 0.702. The number of hydrogen-bond acceptors (Lipinski definition) is 6. The van der Waals surface area contributed by atoms with E-state index in [2.05, 4.69) is 9.73 Å². The van der Waals surface area contributed by atoms with Crippen LogP contribution >= 0.6 is 11.3 Å². The highest BCUT2D eigenvalue weighted by molar-refractivity contribution is 7.16. The number of nitrogens with zero attached hydrogens (tertiary/aromatic N) is 1. The van der Waals surface area contributed by atoms with Crippen molar-refractivity contribution in [1.29, 1.82) is 0 Å². The van der Waals surface area contributed by atoms with Crippen molar-refractivity contribution < 1.29 is 14.3 Å². The van der Waals surface area contributed by atoms with Crippen LogP contribution in [0.2, 0.25) is 0 Å². The number of hydrogen-bond donors (Lipinski definition) is 1. The van der Waals surface area contributed by atoms with Gasteiger partial charge in [0.05, 0.1) is 7.11 Å². The molecule has 0 spiro atoms. The lowest BCUT2D eigenvalue weighted by molar-refractivity contribution is 0.0606. The van der Waals surface area contributed by atoms with E-state index in [0.29, 0.717) is 21.5 Å². The van der Waals surface area contributed by atoms with Crippen molar-refractivity contribution in [3.8, 4) is 5.06 Å². The molecule has 1 aromatic rings. The summed E-state index contributed by atoms with van der Waals surface area (Å²) in [4.78, 5) is 15.7. The summed E-state index contributed by atoms with van der Waals surface area (Å²) < 4.78 is 9.84. The summed E-state index contributed by atoms with van der Waals surface area (Å²) in [6.45, 7) is 0.272. The molecule has 0 saturated carbocycles. The van der Waals surface area contributed by atoms with Crippen LogP contribution < -0.4 is 10.5 Å². The molecule has 0 amide bonds. The molecule has 0 radical (unpaired) electrons. The van der Waals surface area contributed by atoms with E-state index in [4.69, 9.17) is 10.5 Å².